The Morgan fingerprint density at radius 1 is 1.40 bits per heavy atom. The van der Waals surface area contributed by atoms with Crippen molar-refractivity contribution >= 4 is 23.4 Å². The van der Waals surface area contributed by atoms with Crippen molar-refractivity contribution in [1.82, 2.24) is 9.55 Å². The number of hydrogen-bond acceptors (Lipinski definition) is 3. The maximum atomic E-state index is 12.6. The number of aromatic nitrogens is 2. The summed E-state index contributed by atoms with van der Waals surface area (Å²) in [5.74, 6) is 1.07. The number of nitrogens with one attached hydrogen (secondary N) is 1. The van der Waals surface area contributed by atoms with Crippen molar-refractivity contribution in [2.75, 3.05) is 5.75 Å². The summed E-state index contributed by atoms with van der Waals surface area (Å²) in [7, 11) is 0. The number of aromatic amines is 1. The molecule has 0 bridgehead atoms. The molecule has 112 valence electrons. The molecule has 1 aliphatic rings. The van der Waals surface area contributed by atoms with E-state index in [1.807, 2.05) is 25.6 Å². The lowest BCUT2D eigenvalue weighted by atomic mass is 10.1. The standard InChI is InChI=1S/C14H21ClN2O2S/c1-4-20-10-6-5-9(7-10)17-13(18)11(8(2)3)12(15)16-14(17)19/h8-10H,4-7H2,1-3H3,(H,16,19). The van der Waals surface area contributed by atoms with E-state index in [2.05, 4.69) is 11.9 Å². The zero-order valence-corrected chi connectivity index (χ0v) is 13.7. The van der Waals surface area contributed by atoms with E-state index in [-0.39, 0.29) is 28.4 Å². The lowest BCUT2D eigenvalue weighted by Gasteiger charge is -2.16. The molecule has 1 fully saturated rings. The van der Waals surface area contributed by atoms with E-state index in [4.69, 9.17) is 11.6 Å². The molecule has 2 rings (SSSR count). The van der Waals surface area contributed by atoms with Crippen molar-refractivity contribution in [2.45, 2.75) is 57.2 Å². The van der Waals surface area contributed by atoms with E-state index in [9.17, 15) is 9.59 Å². The predicted molar refractivity (Wildman–Crippen MR) is 85.2 cm³/mol. The summed E-state index contributed by atoms with van der Waals surface area (Å²) in [6, 6.07) is 0.00469. The number of rotatable bonds is 4. The Kier molecular flexibility index (Phi) is 5.02. The first-order valence-corrected chi connectivity index (χ1v) is 8.54. The van der Waals surface area contributed by atoms with Crippen LogP contribution in [0.5, 0.6) is 0 Å². The lowest BCUT2D eigenvalue weighted by Crippen LogP contribution is -2.39. The Labute approximate surface area is 127 Å². The molecule has 1 saturated carbocycles. The summed E-state index contributed by atoms with van der Waals surface area (Å²) in [5.41, 5.74) is -0.0877. The van der Waals surface area contributed by atoms with Crippen LogP contribution in [0.15, 0.2) is 9.59 Å². The Morgan fingerprint density at radius 2 is 2.10 bits per heavy atom. The molecule has 0 aliphatic heterocycles. The van der Waals surface area contributed by atoms with Crippen LogP contribution in [0.2, 0.25) is 5.15 Å². The van der Waals surface area contributed by atoms with Gasteiger partial charge in [-0.25, -0.2) is 4.79 Å². The van der Waals surface area contributed by atoms with Crippen molar-refractivity contribution in [3.63, 3.8) is 0 Å². The Morgan fingerprint density at radius 3 is 2.70 bits per heavy atom. The zero-order valence-electron chi connectivity index (χ0n) is 12.1. The summed E-state index contributed by atoms with van der Waals surface area (Å²) in [6.07, 6.45) is 2.84. The van der Waals surface area contributed by atoms with Crippen molar-refractivity contribution in [3.05, 3.63) is 31.6 Å². The van der Waals surface area contributed by atoms with Crippen LogP contribution in [-0.4, -0.2) is 20.6 Å². The third-order valence-electron chi connectivity index (χ3n) is 3.82. The Hall–Kier alpha value is -0.680. The first-order valence-electron chi connectivity index (χ1n) is 7.11. The summed E-state index contributed by atoms with van der Waals surface area (Å²) >= 11 is 7.92. The van der Waals surface area contributed by atoms with Gasteiger partial charge in [-0.05, 0) is 30.9 Å². The second-order valence-electron chi connectivity index (χ2n) is 5.53. The smallest absolute Gasteiger partial charge is 0.297 e. The maximum absolute atomic E-state index is 12.6. The second-order valence-corrected chi connectivity index (χ2v) is 7.49. The van der Waals surface area contributed by atoms with Gasteiger partial charge in [-0.1, -0.05) is 32.4 Å². The molecule has 1 N–H and O–H groups in total. The molecule has 0 radical (unpaired) electrons. The van der Waals surface area contributed by atoms with Gasteiger partial charge in [0.1, 0.15) is 5.15 Å². The van der Waals surface area contributed by atoms with Crippen LogP contribution < -0.4 is 11.2 Å². The molecule has 0 aromatic carbocycles. The van der Waals surface area contributed by atoms with Crippen molar-refractivity contribution in [1.29, 1.82) is 0 Å². The summed E-state index contributed by atoms with van der Waals surface area (Å²) in [6.45, 7) is 5.96. The molecular formula is C14H21ClN2O2S. The van der Waals surface area contributed by atoms with Crippen molar-refractivity contribution in [2.24, 2.45) is 0 Å². The topological polar surface area (TPSA) is 54.9 Å². The largest absolute Gasteiger partial charge is 0.329 e. The van der Waals surface area contributed by atoms with Gasteiger partial charge < -0.3 is 0 Å². The molecule has 1 aromatic rings. The van der Waals surface area contributed by atoms with Crippen molar-refractivity contribution < 1.29 is 0 Å². The minimum atomic E-state index is -0.378. The first kappa shape index (κ1) is 15.7. The van der Waals surface area contributed by atoms with Gasteiger partial charge in [0.2, 0.25) is 0 Å². The molecule has 0 saturated heterocycles. The van der Waals surface area contributed by atoms with Crippen LogP contribution in [0.1, 0.15) is 57.6 Å². The normalized spacial score (nSPS) is 22.6. The van der Waals surface area contributed by atoms with E-state index >= 15 is 0 Å². The average Bonchev–Trinajstić information content (AvgIpc) is 2.76. The number of halogens is 1. The minimum absolute atomic E-state index is 0.000293. The van der Waals surface area contributed by atoms with E-state index in [1.165, 1.54) is 4.57 Å². The van der Waals surface area contributed by atoms with E-state index in [0.29, 0.717) is 10.8 Å². The number of hydrogen-bond donors (Lipinski definition) is 1. The molecule has 1 aliphatic carbocycles. The van der Waals surface area contributed by atoms with Gasteiger partial charge in [0, 0.05) is 11.3 Å². The van der Waals surface area contributed by atoms with Gasteiger partial charge in [0.25, 0.3) is 5.56 Å². The van der Waals surface area contributed by atoms with Crippen LogP contribution >= 0.6 is 23.4 Å². The predicted octanol–water partition coefficient (Wildman–Crippen LogP) is 3.16. The van der Waals surface area contributed by atoms with Gasteiger partial charge in [-0.15, -0.1) is 0 Å². The fourth-order valence-electron chi connectivity index (χ4n) is 2.91. The zero-order chi connectivity index (χ0) is 14.9. The highest BCUT2D eigenvalue weighted by Gasteiger charge is 2.29. The van der Waals surface area contributed by atoms with Crippen LogP contribution in [0.3, 0.4) is 0 Å². The Bertz CT molecular complexity index is 594. The minimum Gasteiger partial charge on any atom is -0.297 e. The average molecular weight is 317 g/mol. The Balaban J connectivity index is 2.41. The monoisotopic (exact) mass is 316 g/mol. The number of H-pyrrole nitrogens is 1. The molecule has 20 heavy (non-hydrogen) atoms. The highest BCUT2D eigenvalue weighted by molar-refractivity contribution is 7.99. The molecule has 2 unspecified atom stereocenters. The maximum Gasteiger partial charge on any atom is 0.329 e. The van der Waals surface area contributed by atoms with E-state index in [0.717, 1.165) is 25.0 Å². The third kappa shape index (κ3) is 2.98. The quantitative estimate of drug-likeness (QED) is 0.868. The SMILES string of the molecule is CCSC1CCC(n2c(=O)[nH]c(Cl)c(C(C)C)c2=O)C1. The van der Waals surface area contributed by atoms with Gasteiger partial charge in [-0.3, -0.25) is 14.3 Å². The van der Waals surface area contributed by atoms with Gasteiger partial charge >= 0.3 is 5.69 Å². The molecule has 4 nitrogen and oxygen atoms in total. The fraction of sp³-hybridized carbons (Fsp3) is 0.714. The summed E-state index contributed by atoms with van der Waals surface area (Å²) in [4.78, 5) is 27.3. The molecular weight excluding hydrogens is 296 g/mol. The number of thioether (sulfide) groups is 1. The van der Waals surface area contributed by atoms with E-state index in [1.54, 1.807) is 0 Å². The van der Waals surface area contributed by atoms with Crippen LogP contribution in [0.4, 0.5) is 0 Å². The van der Waals surface area contributed by atoms with Gasteiger partial charge in [0.15, 0.2) is 0 Å². The number of nitrogens with zero attached hydrogens (tertiary/aromatic N) is 1. The molecule has 0 spiro atoms. The third-order valence-corrected chi connectivity index (χ3v) is 5.35. The fourth-order valence-corrected chi connectivity index (χ4v) is 4.42. The highest BCUT2D eigenvalue weighted by Crippen LogP contribution is 2.35. The van der Waals surface area contributed by atoms with Crippen LogP contribution in [-0.2, 0) is 0 Å². The second kappa shape index (κ2) is 6.39. The lowest BCUT2D eigenvalue weighted by molar-refractivity contribution is 0.474. The van der Waals surface area contributed by atoms with Crippen LogP contribution in [0, 0.1) is 0 Å². The van der Waals surface area contributed by atoms with Crippen LogP contribution in [0.25, 0.3) is 0 Å². The molecule has 6 heteroatoms. The van der Waals surface area contributed by atoms with Gasteiger partial charge in [-0.2, -0.15) is 11.8 Å². The molecule has 2 atom stereocenters. The van der Waals surface area contributed by atoms with Crippen molar-refractivity contribution in [3.8, 4) is 0 Å². The summed E-state index contributed by atoms with van der Waals surface area (Å²) in [5, 5.41) is 0.734. The van der Waals surface area contributed by atoms with E-state index < -0.39 is 0 Å². The summed E-state index contributed by atoms with van der Waals surface area (Å²) < 4.78 is 1.39. The molecule has 1 aromatic heterocycles. The highest BCUT2D eigenvalue weighted by atomic mass is 35.5. The van der Waals surface area contributed by atoms with Gasteiger partial charge in [0.05, 0.1) is 5.56 Å². The molecule has 1 heterocycles. The molecule has 0 amide bonds. The first-order chi connectivity index (χ1) is 9.45.